The van der Waals surface area contributed by atoms with E-state index in [4.69, 9.17) is 5.26 Å². The maximum Gasteiger partial charge on any atom is 0.214 e. The Bertz CT molecular complexity index is 1200. The summed E-state index contributed by atoms with van der Waals surface area (Å²) in [6, 6.07) is 25.2. The first-order chi connectivity index (χ1) is 14.2. The van der Waals surface area contributed by atoms with Crippen molar-refractivity contribution in [2.75, 3.05) is 6.54 Å². The van der Waals surface area contributed by atoms with Gasteiger partial charge < -0.3 is 4.98 Å². The summed E-state index contributed by atoms with van der Waals surface area (Å²) in [5.41, 5.74) is 4.51. The van der Waals surface area contributed by atoms with Crippen molar-refractivity contribution in [3.8, 4) is 16.7 Å². The second kappa shape index (κ2) is 8.21. The van der Waals surface area contributed by atoms with Gasteiger partial charge in [0.1, 0.15) is 5.40 Å². The maximum atomic E-state index is 11.6. The molecular formula is C23H17N3O2S. The lowest BCUT2D eigenvalue weighted by atomic mass is 9.87. The summed E-state index contributed by atoms with van der Waals surface area (Å²) in [5, 5.41) is 23.6. The van der Waals surface area contributed by atoms with Crippen LogP contribution in [0.1, 0.15) is 17.0 Å². The summed E-state index contributed by atoms with van der Waals surface area (Å²) in [6.45, 7) is -0.203. The summed E-state index contributed by atoms with van der Waals surface area (Å²) in [5.74, 6) is -0.398. The Morgan fingerprint density at radius 2 is 1.72 bits per heavy atom. The van der Waals surface area contributed by atoms with Crippen LogP contribution in [0, 0.1) is 20.8 Å². The summed E-state index contributed by atoms with van der Waals surface area (Å²) in [6.07, 6.45) is 0. The van der Waals surface area contributed by atoms with Crippen LogP contribution in [0.15, 0.2) is 83.8 Å². The van der Waals surface area contributed by atoms with E-state index in [1.54, 1.807) is 0 Å². The average molecular weight is 399 g/mol. The molecule has 0 aliphatic carbocycles. The summed E-state index contributed by atoms with van der Waals surface area (Å²) in [4.78, 5) is 15.6. The van der Waals surface area contributed by atoms with Gasteiger partial charge in [-0.05, 0) is 40.6 Å². The summed E-state index contributed by atoms with van der Waals surface area (Å²) >= 11 is 1.09. The molecule has 0 amide bonds. The zero-order valence-corrected chi connectivity index (χ0v) is 16.2. The minimum absolute atomic E-state index is 0.203. The third kappa shape index (κ3) is 3.86. The number of fused-ring (bicyclic) bond motifs is 1. The molecule has 5 nitrogen and oxygen atoms in total. The van der Waals surface area contributed by atoms with Crippen LogP contribution in [-0.4, -0.2) is 16.5 Å². The first-order valence-corrected chi connectivity index (χ1v) is 9.92. The molecule has 29 heavy (non-hydrogen) atoms. The minimum atomic E-state index is -0.398. The molecule has 0 fully saturated rings. The molecule has 0 saturated heterocycles. The zero-order valence-electron chi connectivity index (χ0n) is 15.4. The van der Waals surface area contributed by atoms with Crippen LogP contribution >= 0.6 is 11.8 Å². The van der Waals surface area contributed by atoms with Crippen molar-refractivity contribution in [3.63, 3.8) is 0 Å². The van der Waals surface area contributed by atoms with E-state index in [-0.39, 0.29) is 11.5 Å². The van der Waals surface area contributed by atoms with Gasteiger partial charge in [0, 0.05) is 20.7 Å². The molecule has 1 atom stereocenters. The van der Waals surface area contributed by atoms with Crippen LogP contribution in [0.5, 0.6) is 0 Å². The molecule has 0 spiro atoms. The topological polar surface area (TPSA) is 82.7 Å². The van der Waals surface area contributed by atoms with Crippen molar-refractivity contribution >= 4 is 22.7 Å². The molecule has 6 heteroatoms. The quantitative estimate of drug-likeness (QED) is 0.192. The Morgan fingerprint density at radius 1 is 1.03 bits per heavy atom. The van der Waals surface area contributed by atoms with E-state index in [1.165, 1.54) is 0 Å². The van der Waals surface area contributed by atoms with Gasteiger partial charge >= 0.3 is 0 Å². The van der Waals surface area contributed by atoms with Crippen LogP contribution in [0.25, 0.3) is 22.2 Å². The molecule has 4 rings (SSSR count). The number of nitriles is 1. The standard InChI is InChI=1S/C23H17N3O2S/c24-15-29-18-11-12-19-21(13-18)25-23(17-9-5-2-6-10-17)22(19)20(14-26(27)28)16-7-3-1-4-8-16/h1-13,20,25H,14H2. The third-order valence-corrected chi connectivity index (χ3v) is 5.50. The van der Waals surface area contributed by atoms with E-state index in [9.17, 15) is 10.1 Å². The van der Waals surface area contributed by atoms with Gasteiger partial charge in [0.05, 0.1) is 11.6 Å². The van der Waals surface area contributed by atoms with E-state index < -0.39 is 5.92 Å². The first kappa shape index (κ1) is 18.8. The number of rotatable bonds is 6. The predicted molar refractivity (Wildman–Crippen MR) is 115 cm³/mol. The minimum Gasteiger partial charge on any atom is -0.354 e. The molecular weight excluding hydrogens is 382 g/mol. The second-order valence-corrected chi connectivity index (χ2v) is 7.52. The number of aromatic nitrogens is 1. The Hall–Kier alpha value is -3.56. The van der Waals surface area contributed by atoms with Crippen LogP contribution < -0.4 is 0 Å². The van der Waals surface area contributed by atoms with E-state index in [0.717, 1.165) is 49.9 Å². The van der Waals surface area contributed by atoms with Crippen LogP contribution in [0.4, 0.5) is 0 Å². The zero-order chi connectivity index (χ0) is 20.2. The molecule has 1 N–H and O–H groups in total. The van der Waals surface area contributed by atoms with Crippen LogP contribution in [0.2, 0.25) is 0 Å². The lowest BCUT2D eigenvalue weighted by molar-refractivity contribution is -0.481. The molecule has 0 radical (unpaired) electrons. The van der Waals surface area contributed by atoms with Crippen LogP contribution in [-0.2, 0) is 0 Å². The third-order valence-electron chi connectivity index (χ3n) is 4.92. The van der Waals surface area contributed by atoms with Crippen molar-refractivity contribution in [3.05, 3.63) is 100 Å². The Kier molecular flexibility index (Phi) is 5.32. The van der Waals surface area contributed by atoms with Gasteiger partial charge in [-0.1, -0.05) is 66.7 Å². The number of H-pyrrole nitrogens is 1. The Labute approximate surface area is 172 Å². The molecule has 0 aliphatic rings. The fourth-order valence-electron chi connectivity index (χ4n) is 3.71. The smallest absolute Gasteiger partial charge is 0.214 e. The summed E-state index contributed by atoms with van der Waals surface area (Å²) in [7, 11) is 0. The number of nitro groups is 1. The van der Waals surface area contributed by atoms with Gasteiger partial charge in [-0.3, -0.25) is 10.1 Å². The predicted octanol–water partition coefficient (Wildman–Crippen LogP) is 5.82. The summed E-state index contributed by atoms with van der Waals surface area (Å²) < 4.78 is 0. The highest BCUT2D eigenvalue weighted by Gasteiger charge is 2.27. The highest BCUT2D eigenvalue weighted by Crippen LogP contribution is 2.40. The van der Waals surface area contributed by atoms with Crippen molar-refractivity contribution in [1.29, 1.82) is 5.26 Å². The lowest BCUT2D eigenvalue weighted by Gasteiger charge is -2.16. The molecule has 0 saturated carbocycles. The van der Waals surface area contributed by atoms with Crippen LogP contribution in [0.3, 0.4) is 0 Å². The molecule has 142 valence electrons. The molecule has 1 unspecified atom stereocenters. The van der Waals surface area contributed by atoms with Crippen molar-refractivity contribution in [1.82, 2.24) is 4.98 Å². The fourth-order valence-corrected chi connectivity index (χ4v) is 4.12. The Morgan fingerprint density at radius 3 is 2.38 bits per heavy atom. The number of hydrogen-bond acceptors (Lipinski definition) is 4. The number of thiocyanates is 1. The van der Waals surface area contributed by atoms with Gasteiger partial charge in [-0.25, -0.2) is 0 Å². The number of hydrogen-bond donors (Lipinski definition) is 1. The molecule has 0 aliphatic heterocycles. The highest BCUT2D eigenvalue weighted by atomic mass is 32.2. The first-order valence-electron chi connectivity index (χ1n) is 9.11. The maximum absolute atomic E-state index is 11.6. The van der Waals surface area contributed by atoms with E-state index in [2.05, 4.69) is 10.4 Å². The molecule has 1 heterocycles. The van der Waals surface area contributed by atoms with E-state index in [0.29, 0.717) is 0 Å². The van der Waals surface area contributed by atoms with E-state index >= 15 is 0 Å². The number of thioether (sulfide) groups is 1. The van der Waals surface area contributed by atoms with Crippen molar-refractivity contribution in [2.45, 2.75) is 10.8 Å². The van der Waals surface area contributed by atoms with Gasteiger partial charge in [0.15, 0.2) is 0 Å². The highest BCUT2D eigenvalue weighted by molar-refractivity contribution is 8.03. The normalized spacial score (nSPS) is 11.8. The second-order valence-electron chi connectivity index (χ2n) is 6.66. The van der Waals surface area contributed by atoms with Gasteiger partial charge in [-0.2, -0.15) is 5.26 Å². The van der Waals surface area contributed by atoms with Crippen molar-refractivity contribution < 1.29 is 4.92 Å². The number of nitrogens with one attached hydrogen (secondary N) is 1. The van der Waals surface area contributed by atoms with Gasteiger partial charge in [0.25, 0.3) is 0 Å². The Balaban J connectivity index is 1.99. The largest absolute Gasteiger partial charge is 0.354 e. The molecule has 1 aromatic heterocycles. The SMILES string of the molecule is N#CSc1ccc2c(C(C[N+](=O)[O-])c3ccccc3)c(-c3ccccc3)[nH]c2c1. The monoisotopic (exact) mass is 399 g/mol. The lowest BCUT2D eigenvalue weighted by Crippen LogP contribution is -2.14. The molecule has 4 aromatic rings. The van der Waals surface area contributed by atoms with Gasteiger partial charge in [0.2, 0.25) is 6.54 Å². The fraction of sp³-hybridized carbons (Fsp3) is 0.0870. The van der Waals surface area contributed by atoms with Crippen molar-refractivity contribution in [2.24, 2.45) is 0 Å². The number of benzene rings is 3. The molecule has 0 bridgehead atoms. The number of nitrogens with zero attached hydrogens (tertiary/aromatic N) is 2. The number of aromatic amines is 1. The van der Waals surface area contributed by atoms with Gasteiger partial charge in [-0.15, -0.1) is 0 Å². The molecule has 3 aromatic carbocycles. The average Bonchev–Trinajstić information content (AvgIpc) is 3.12. The van der Waals surface area contributed by atoms with E-state index in [1.807, 2.05) is 78.9 Å².